The van der Waals surface area contributed by atoms with E-state index < -0.39 is 5.82 Å². The van der Waals surface area contributed by atoms with E-state index in [1.807, 2.05) is 0 Å². The highest BCUT2D eigenvalue weighted by Crippen LogP contribution is 2.39. The molecule has 2 rings (SSSR count). The number of phenols is 1. The fourth-order valence-corrected chi connectivity index (χ4v) is 1.62. The topological polar surface area (TPSA) is 46.2 Å². The summed E-state index contributed by atoms with van der Waals surface area (Å²) in [7, 11) is 0. The van der Waals surface area contributed by atoms with E-state index in [0.29, 0.717) is 6.42 Å². The second-order valence-corrected chi connectivity index (χ2v) is 4.31. The maximum atomic E-state index is 13.5. The van der Waals surface area contributed by atoms with Crippen LogP contribution in [0.3, 0.4) is 0 Å². The quantitative estimate of drug-likeness (QED) is 0.795. The molecule has 1 aromatic carbocycles. The van der Waals surface area contributed by atoms with E-state index in [4.69, 9.17) is 17.3 Å². The Morgan fingerprint density at radius 3 is 2.71 bits per heavy atom. The van der Waals surface area contributed by atoms with Crippen molar-refractivity contribution < 1.29 is 9.50 Å². The molecule has 0 bridgehead atoms. The minimum absolute atomic E-state index is 0.0297. The third-order valence-electron chi connectivity index (χ3n) is 2.59. The molecule has 14 heavy (non-hydrogen) atoms. The molecular formula is C10H11ClFNO. The summed E-state index contributed by atoms with van der Waals surface area (Å²) in [6, 6.07) is 2.73. The van der Waals surface area contributed by atoms with Crippen molar-refractivity contribution in [2.75, 3.05) is 0 Å². The average molecular weight is 216 g/mol. The van der Waals surface area contributed by atoms with Crippen LogP contribution in [0, 0.1) is 5.82 Å². The zero-order chi connectivity index (χ0) is 10.3. The molecule has 0 heterocycles. The Hall–Kier alpha value is -0.800. The molecule has 2 nitrogen and oxygen atoms in total. The zero-order valence-corrected chi connectivity index (χ0v) is 8.31. The van der Waals surface area contributed by atoms with Crippen molar-refractivity contribution in [2.45, 2.75) is 24.8 Å². The first-order valence-corrected chi connectivity index (χ1v) is 4.84. The Kier molecular flexibility index (Phi) is 2.16. The highest BCUT2D eigenvalue weighted by atomic mass is 35.5. The van der Waals surface area contributed by atoms with E-state index in [0.717, 1.165) is 12.8 Å². The van der Waals surface area contributed by atoms with Gasteiger partial charge in [-0.15, -0.1) is 0 Å². The summed E-state index contributed by atoms with van der Waals surface area (Å²) >= 11 is 5.61. The number of hydrogen-bond acceptors (Lipinski definition) is 2. The molecule has 0 aliphatic heterocycles. The van der Waals surface area contributed by atoms with Crippen molar-refractivity contribution in [1.29, 1.82) is 0 Å². The summed E-state index contributed by atoms with van der Waals surface area (Å²) in [6.07, 6.45) is 2.10. The van der Waals surface area contributed by atoms with E-state index in [2.05, 4.69) is 0 Å². The van der Waals surface area contributed by atoms with Gasteiger partial charge in [0.2, 0.25) is 0 Å². The van der Waals surface area contributed by atoms with E-state index in [-0.39, 0.29) is 21.9 Å². The molecule has 3 N–H and O–H groups in total. The first-order chi connectivity index (χ1) is 6.52. The zero-order valence-electron chi connectivity index (χ0n) is 7.56. The van der Waals surface area contributed by atoms with Crippen LogP contribution in [0.4, 0.5) is 4.39 Å². The number of benzene rings is 1. The Morgan fingerprint density at radius 1 is 1.50 bits per heavy atom. The van der Waals surface area contributed by atoms with Gasteiger partial charge < -0.3 is 10.8 Å². The smallest absolute Gasteiger partial charge is 0.148 e. The molecule has 0 unspecified atom stereocenters. The number of halogens is 2. The predicted molar refractivity (Wildman–Crippen MR) is 52.9 cm³/mol. The third kappa shape index (κ3) is 1.70. The normalized spacial score (nSPS) is 18.2. The molecule has 1 aliphatic carbocycles. The number of phenolic OH excluding ortho intramolecular Hbond substituents is 1. The molecule has 0 atom stereocenters. The molecule has 1 aromatic rings. The molecule has 76 valence electrons. The summed E-state index contributed by atoms with van der Waals surface area (Å²) in [6.45, 7) is 0. The van der Waals surface area contributed by atoms with Crippen LogP contribution in [-0.2, 0) is 6.42 Å². The van der Waals surface area contributed by atoms with Gasteiger partial charge in [-0.25, -0.2) is 4.39 Å². The Labute approximate surface area is 86.5 Å². The SMILES string of the molecule is NC1(Cc2c(O)ccc(Cl)c2F)CC1. The third-order valence-corrected chi connectivity index (χ3v) is 2.88. The van der Waals surface area contributed by atoms with E-state index in [1.54, 1.807) is 0 Å². The second-order valence-electron chi connectivity index (χ2n) is 3.90. The summed E-state index contributed by atoms with van der Waals surface area (Å²) in [5.74, 6) is -0.619. The molecule has 4 heteroatoms. The molecule has 0 amide bonds. The molecule has 1 fully saturated rings. The molecule has 0 radical (unpaired) electrons. The average Bonchev–Trinajstić information content (AvgIpc) is 2.86. The van der Waals surface area contributed by atoms with Gasteiger partial charge in [-0.05, 0) is 31.4 Å². The first kappa shape index (κ1) is 9.74. The van der Waals surface area contributed by atoms with Gasteiger partial charge in [0.05, 0.1) is 5.02 Å². The minimum Gasteiger partial charge on any atom is -0.508 e. The summed E-state index contributed by atoms with van der Waals surface area (Å²) in [5.41, 5.74) is 5.75. The van der Waals surface area contributed by atoms with Gasteiger partial charge in [0, 0.05) is 11.1 Å². The number of aromatic hydroxyl groups is 1. The Balaban J connectivity index is 2.35. The molecule has 0 aromatic heterocycles. The van der Waals surface area contributed by atoms with Crippen LogP contribution in [0.15, 0.2) is 12.1 Å². The Morgan fingerprint density at radius 2 is 2.14 bits per heavy atom. The largest absolute Gasteiger partial charge is 0.508 e. The van der Waals surface area contributed by atoms with Crippen LogP contribution >= 0.6 is 11.6 Å². The second kappa shape index (κ2) is 3.11. The number of hydrogen-bond donors (Lipinski definition) is 2. The highest BCUT2D eigenvalue weighted by Gasteiger charge is 2.39. The van der Waals surface area contributed by atoms with Gasteiger partial charge in [-0.2, -0.15) is 0 Å². The van der Waals surface area contributed by atoms with E-state index in [1.165, 1.54) is 12.1 Å². The predicted octanol–water partition coefficient (Wildman–Crippen LogP) is 2.22. The summed E-state index contributed by atoms with van der Waals surface area (Å²) in [4.78, 5) is 0. The van der Waals surface area contributed by atoms with Gasteiger partial charge in [0.15, 0.2) is 0 Å². The summed E-state index contributed by atoms with van der Waals surface area (Å²) in [5, 5.41) is 9.48. The van der Waals surface area contributed by atoms with Gasteiger partial charge in [0.25, 0.3) is 0 Å². The lowest BCUT2D eigenvalue weighted by Gasteiger charge is -2.11. The maximum Gasteiger partial charge on any atom is 0.148 e. The fourth-order valence-electron chi connectivity index (χ4n) is 1.44. The highest BCUT2D eigenvalue weighted by molar-refractivity contribution is 6.30. The summed E-state index contributed by atoms with van der Waals surface area (Å²) < 4.78 is 13.5. The number of rotatable bonds is 2. The molecule has 0 saturated heterocycles. The van der Waals surface area contributed by atoms with Crippen LogP contribution < -0.4 is 5.73 Å². The van der Waals surface area contributed by atoms with Crippen LogP contribution in [0.5, 0.6) is 5.75 Å². The van der Waals surface area contributed by atoms with Crippen molar-refractivity contribution in [1.82, 2.24) is 0 Å². The van der Waals surface area contributed by atoms with Crippen molar-refractivity contribution >= 4 is 11.6 Å². The molecule has 1 saturated carbocycles. The van der Waals surface area contributed by atoms with Gasteiger partial charge in [0.1, 0.15) is 11.6 Å². The Bertz CT molecular complexity index is 377. The molecule has 1 aliphatic rings. The van der Waals surface area contributed by atoms with Crippen molar-refractivity contribution in [3.05, 3.63) is 28.5 Å². The lowest BCUT2D eigenvalue weighted by Crippen LogP contribution is -2.25. The fraction of sp³-hybridized carbons (Fsp3) is 0.400. The monoisotopic (exact) mass is 215 g/mol. The van der Waals surface area contributed by atoms with Crippen LogP contribution in [0.25, 0.3) is 0 Å². The lowest BCUT2D eigenvalue weighted by atomic mass is 10.0. The van der Waals surface area contributed by atoms with E-state index >= 15 is 0 Å². The van der Waals surface area contributed by atoms with Crippen molar-refractivity contribution in [3.63, 3.8) is 0 Å². The number of nitrogens with two attached hydrogens (primary N) is 1. The van der Waals surface area contributed by atoms with Crippen LogP contribution in [-0.4, -0.2) is 10.6 Å². The minimum atomic E-state index is -0.552. The van der Waals surface area contributed by atoms with Crippen molar-refractivity contribution in [2.24, 2.45) is 5.73 Å². The van der Waals surface area contributed by atoms with Crippen molar-refractivity contribution in [3.8, 4) is 5.75 Å². The van der Waals surface area contributed by atoms with Crippen LogP contribution in [0.1, 0.15) is 18.4 Å². The van der Waals surface area contributed by atoms with Gasteiger partial charge in [-0.3, -0.25) is 0 Å². The maximum absolute atomic E-state index is 13.5. The van der Waals surface area contributed by atoms with Crippen LogP contribution in [0.2, 0.25) is 5.02 Å². The van der Waals surface area contributed by atoms with E-state index in [9.17, 15) is 9.50 Å². The van der Waals surface area contributed by atoms with Gasteiger partial charge >= 0.3 is 0 Å². The molecule has 0 spiro atoms. The lowest BCUT2D eigenvalue weighted by molar-refractivity contribution is 0.452. The first-order valence-electron chi connectivity index (χ1n) is 4.47. The molecular weight excluding hydrogens is 205 g/mol. The van der Waals surface area contributed by atoms with Gasteiger partial charge in [-0.1, -0.05) is 11.6 Å². The standard InChI is InChI=1S/C10H11ClFNO/c11-7-1-2-8(14)6(9(7)12)5-10(13)3-4-10/h1-2,14H,3-5,13H2.